The van der Waals surface area contributed by atoms with Crippen molar-refractivity contribution in [1.29, 1.82) is 0 Å². The van der Waals surface area contributed by atoms with Gasteiger partial charge in [0.1, 0.15) is 17.5 Å². The number of amides is 3. The summed E-state index contributed by atoms with van der Waals surface area (Å²) in [4.78, 5) is 40.7. The van der Waals surface area contributed by atoms with Crippen molar-refractivity contribution in [3.63, 3.8) is 0 Å². The van der Waals surface area contributed by atoms with Crippen molar-refractivity contribution >= 4 is 17.7 Å². The van der Waals surface area contributed by atoms with Crippen LogP contribution in [0.15, 0.2) is 54.7 Å². The Balaban J connectivity index is 1.48. The maximum atomic E-state index is 13.4. The van der Waals surface area contributed by atoms with Gasteiger partial charge in [0.05, 0.1) is 31.0 Å². The zero-order valence-corrected chi connectivity index (χ0v) is 23.0. The average Bonchev–Trinajstić information content (AvgIpc) is 3.39. The molecule has 0 radical (unpaired) electrons. The molecule has 0 saturated carbocycles. The number of benzene rings is 2. The first-order valence-electron chi connectivity index (χ1n) is 13.6. The van der Waals surface area contributed by atoms with Gasteiger partial charge in [-0.2, -0.15) is 0 Å². The summed E-state index contributed by atoms with van der Waals surface area (Å²) in [6, 6.07) is 13.5. The number of fused-ring (bicyclic) bond motifs is 3. The van der Waals surface area contributed by atoms with Crippen LogP contribution < -0.4 is 21.1 Å². The topological polar surface area (TPSA) is 144 Å². The normalized spacial score (nSPS) is 18.2. The molecule has 40 heavy (non-hydrogen) atoms. The number of ether oxygens (including phenoxy) is 1. The Bertz CT molecular complexity index is 1310. The molecule has 2 heterocycles. The Hall–Kier alpha value is -4.25. The number of aryl methyl sites for hydroxylation is 2. The molecular formula is C29H37N7O4. The van der Waals surface area contributed by atoms with Crippen molar-refractivity contribution in [2.45, 2.75) is 58.3 Å². The molecule has 2 atom stereocenters. The minimum absolute atomic E-state index is 0.197. The highest BCUT2D eigenvalue weighted by atomic mass is 16.5. The average molecular weight is 548 g/mol. The fraction of sp³-hybridized carbons (Fsp3) is 0.414. The van der Waals surface area contributed by atoms with E-state index in [1.165, 1.54) is 0 Å². The zero-order chi connectivity index (χ0) is 28.5. The molecular weight excluding hydrogens is 510 g/mol. The van der Waals surface area contributed by atoms with Crippen LogP contribution in [0.25, 0.3) is 0 Å². The van der Waals surface area contributed by atoms with Gasteiger partial charge in [-0.25, -0.2) is 0 Å². The van der Waals surface area contributed by atoms with Crippen LogP contribution in [0.2, 0.25) is 0 Å². The number of nitrogens with two attached hydrogens (primary N) is 1. The Morgan fingerprint density at radius 3 is 2.75 bits per heavy atom. The molecule has 11 nitrogen and oxygen atoms in total. The first-order chi connectivity index (χ1) is 19.3. The fourth-order valence-electron chi connectivity index (χ4n) is 4.49. The molecule has 0 spiro atoms. The van der Waals surface area contributed by atoms with Gasteiger partial charge < -0.3 is 26.0 Å². The van der Waals surface area contributed by atoms with Crippen LogP contribution in [0, 0.1) is 6.92 Å². The van der Waals surface area contributed by atoms with Crippen LogP contribution in [-0.2, 0) is 29.1 Å². The minimum atomic E-state index is -0.755. The van der Waals surface area contributed by atoms with Crippen LogP contribution in [0.5, 0.6) is 5.75 Å². The molecule has 2 aromatic carbocycles. The van der Waals surface area contributed by atoms with Gasteiger partial charge in [0.15, 0.2) is 0 Å². The van der Waals surface area contributed by atoms with Gasteiger partial charge in [-0.3, -0.25) is 19.1 Å². The van der Waals surface area contributed by atoms with Crippen molar-refractivity contribution in [2.24, 2.45) is 5.73 Å². The van der Waals surface area contributed by atoms with Crippen LogP contribution in [0.3, 0.4) is 0 Å². The Kier molecular flexibility index (Phi) is 9.85. The molecule has 1 aliphatic rings. The third-order valence-corrected chi connectivity index (χ3v) is 6.68. The smallest absolute Gasteiger partial charge is 0.255 e. The molecule has 1 aromatic heterocycles. The fourth-order valence-corrected chi connectivity index (χ4v) is 4.49. The summed E-state index contributed by atoms with van der Waals surface area (Å²) in [5.74, 6) is -0.441. The van der Waals surface area contributed by atoms with E-state index in [4.69, 9.17) is 10.5 Å². The number of hydrogen-bond acceptors (Lipinski definition) is 7. The summed E-state index contributed by atoms with van der Waals surface area (Å²) in [7, 11) is 0. The van der Waals surface area contributed by atoms with E-state index in [9.17, 15) is 14.4 Å². The van der Waals surface area contributed by atoms with Crippen LogP contribution >= 0.6 is 0 Å². The molecule has 4 N–H and O–H groups in total. The van der Waals surface area contributed by atoms with E-state index in [2.05, 4.69) is 20.9 Å². The van der Waals surface area contributed by atoms with Crippen molar-refractivity contribution < 1.29 is 19.1 Å². The van der Waals surface area contributed by atoms with E-state index in [0.29, 0.717) is 62.5 Å². The van der Waals surface area contributed by atoms with Gasteiger partial charge in [-0.05, 0) is 49.9 Å². The predicted molar refractivity (Wildman–Crippen MR) is 149 cm³/mol. The highest BCUT2D eigenvalue weighted by Crippen LogP contribution is 2.21. The Morgan fingerprint density at radius 2 is 1.95 bits per heavy atom. The molecule has 3 aromatic rings. The summed E-state index contributed by atoms with van der Waals surface area (Å²) in [6.07, 6.45) is 3.35. The van der Waals surface area contributed by atoms with E-state index in [0.717, 1.165) is 11.1 Å². The molecule has 11 heteroatoms. The van der Waals surface area contributed by atoms with Gasteiger partial charge in [0, 0.05) is 26.1 Å². The lowest BCUT2D eigenvalue weighted by atomic mass is 10.1. The van der Waals surface area contributed by atoms with Gasteiger partial charge in [0.25, 0.3) is 5.91 Å². The van der Waals surface area contributed by atoms with Crippen molar-refractivity contribution in [2.75, 3.05) is 19.7 Å². The number of nitrogens with zero attached hydrogens (tertiary/aromatic N) is 4. The molecule has 212 valence electrons. The summed E-state index contributed by atoms with van der Waals surface area (Å²) in [5.41, 5.74) is 9.28. The van der Waals surface area contributed by atoms with Gasteiger partial charge in [-0.1, -0.05) is 41.6 Å². The summed E-state index contributed by atoms with van der Waals surface area (Å²) in [5, 5.41) is 14.1. The van der Waals surface area contributed by atoms with E-state index in [1.54, 1.807) is 22.6 Å². The highest BCUT2D eigenvalue weighted by molar-refractivity contribution is 5.99. The maximum Gasteiger partial charge on any atom is 0.255 e. The predicted octanol–water partition coefficient (Wildman–Crippen LogP) is 1.59. The van der Waals surface area contributed by atoms with Crippen molar-refractivity contribution in [3.8, 4) is 5.75 Å². The molecule has 0 aliphatic carbocycles. The van der Waals surface area contributed by atoms with E-state index < -0.39 is 12.1 Å². The number of aromatic nitrogens is 3. The molecule has 3 amide bonds. The maximum absolute atomic E-state index is 13.4. The second-order valence-corrected chi connectivity index (χ2v) is 10.1. The highest BCUT2D eigenvalue weighted by Gasteiger charge is 2.23. The molecule has 1 aliphatic heterocycles. The van der Waals surface area contributed by atoms with Crippen LogP contribution in [-0.4, -0.2) is 69.4 Å². The van der Waals surface area contributed by atoms with Crippen LogP contribution in [0.1, 0.15) is 46.9 Å². The van der Waals surface area contributed by atoms with Gasteiger partial charge >= 0.3 is 0 Å². The van der Waals surface area contributed by atoms with E-state index in [1.807, 2.05) is 55.6 Å². The first kappa shape index (κ1) is 28.8. The quantitative estimate of drug-likeness (QED) is 0.452. The van der Waals surface area contributed by atoms with Crippen molar-refractivity contribution in [3.05, 3.63) is 77.1 Å². The number of rotatable bonds is 3. The van der Waals surface area contributed by atoms with E-state index in [-0.39, 0.29) is 24.3 Å². The third kappa shape index (κ3) is 7.89. The minimum Gasteiger partial charge on any atom is -0.493 e. The molecule has 0 saturated heterocycles. The standard InChI is InChI=1S/C29H37N7O4/c1-20-10-11-24-26(16-20)40-15-7-14-36-19-23(33-34-36)18-35(13-6-12-31-27(37)21(2)32-28(24)38)29(39)25(30)17-22-8-4-3-5-9-22/h3-5,8-11,16,19,21,25H,6-7,12-15,17-18,30H2,1-2H3,(H,31,37)(H,32,38)/t21-,25+/m1/s1. The number of carbonyl (C=O) groups is 3. The van der Waals surface area contributed by atoms with Gasteiger partial charge in [-0.15, -0.1) is 5.10 Å². The monoisotopic (exact) mass is 547 g/mol. The SMILES string of the molecule is Cc1ccc2c(c1)OCCCn1cc(nn1)CN(C(=O)[C@@H](N)Cc1ccccc1)CCCNC(=O)[C@@H](C)NC2=O. The molecule has 0 unspecified atom stereocenters. The lowest BCUT2D eigenvalue weighted by Gasteiger charge is -2.25. The molecule has 4 rings (SSSR count). The third-order valence-electron chi connectivity index (χ3n) is 6.68. The zero-order valence-electron chi connectivity index (χ0n) is 23.0. The summed E-state index contributed by atoms with van der Waals surface area (Å²) < 4.78 is 7.66. The van der Waals surface area contributed by atoms with Gasteiger partial charge in [0.2, 0.25) is 11.8 Å². The van der Waals surface area contributed by atoms with Crippen molar-refractivity contribution in [1.82, 2.24) is 30.5 Å². The Morgan fingerprint density at radius 1 is 1.15 bits per heavy atom. The largest absolute Gasteiger partial charge is 0.493 e. The molecule has 2 bridgehead atoms. The lowest BCUT2D eigenvalue weighted by Crippen LogP contribution is -2.47. The van der Waals surface area contributed by atoms with Crippen LogP contribution in [0.4, 0.5) is 0 Å². The Labute approximate surface area is 234 Å². The number of hydrogen-bond donors (Lipinski definition) is 3. The lowest BCUT2D eigenvalue weighted by molar-refractivity contribution is -0.133. The number of carbonyl (C=O) groups excluding carboxylic acids is 3. The summed E-state index contributed by atoms with van der Waals surface area (Å²) >= 11 is 0. The molecule has 0 fully saturated rings. The second kappa shape index (κ2) is 13.7. The van der Waals surface area contributed by atoms with E-state index >= 15 is 0 Å². The summed E-state index contributed by atoms with van der Waals surface area (Å²) in [6.45, 7) is 5.41. The number of nitrogens with one attached hydrogen (secondary N) is 2. The second-order valence-electron chi connectivity index (χ2n) is 10.1. The first-order valence-corrected chi connectivity index (χ1v) is 13.6.